The van der Waals surface area contributed by atoms with Gasteiger partial charge in [0.1, 0.15) is 0 Å². The summed E-state index contributed by atoms with van der Waals surface area (Å²) in [6.45, 7) is 4.75. The summed E-state index contributed by atoms with van der Waals surface area (Å²) in [6.07, 6.45) is 2.03. The van der Waals surface area contributed by atoms with Crippen LogP contribution in [0.5, 0.6) is 0 Å². The quantitative estimate of drug-likeness (QED) is 0.569. The largest absolute Gasteiger partial charge is 0.399 e. The lowest BCUT2D eigenvalue weighted by molar-refractivity contribution is 0.280. The van der Waals surface area contributed by atoms with E-state index in [0.717, 1.165) is 54.6 Å². The molecule has 3 rings (SSSR count). The number of pyridine rings is 1. The van der Waals surface area contributed by atoms with Gasteiger partial charge in [-0.05, 0) is 54.9 Å². The number of aromatic nitrogens is 1. The first-order valence-electron chi connectivity index (χ1n) is 9.26. The minimum Gasteiger partial charge on any atom is -0.399 e. The standard InChI is InChI=1S/C21H26N4O2S/c1-3-25(13-12-16-4-8-19(9-5-16)24-28(2,26)27)15-20-10-6-17-14-18(22)7-11-21(17)23-20/h4-11,14,24H,3,12-13,15,22H2,1-2H3. The van der Waals surface area contributed by atoms with Crippen molar-refractivity contribution in [2.45, 2.75) is 19.9 Å². The first-order valence-corrected chi connectivity index (χ1v) is 11.2. The summed E-state index contributed by atoms with van der Waals surface area (Å²) in [7, 11) is -3.24. The van der Waals surface area contributed by atoms with Crippen LogP contribution in [-0.2, 0) is 23.0 Å². The van der Waals surface area contributed by atoms with Crippen molar-refractivity contribution in [2.24, 2.45) is 0 Å². The molecule has 0 spiro atoms. The summed E-state index contributed by atoms with van der Waals surface area (Å²) in [5, 5.41) is 1.05. The first kappa shape index (κ1) is 20.1. The van der Waals surface area contributed by atoms with Gasteiger partial charge in [-0.25, -0.2) is 8.42 Å². The Balaban J connectivity index is 1.60. The summed E-state index contributed by atoms with van der Waals surface area (Å²) in [5.41, 5.74) is 10.3. The molecule has 0 saturated carbocycles. The Morgan fingerprint density at radius 3 is 2.50 bits per heavy atom. The summed E-state index contributed by atoms with van der Waals surface area (Å²) in [5.74, 6) is 0. The number of hydrogen-bond acceptors (Lipinski definition) is 5. The van der Waals surface area contributed by atoms with Gasteiger partial charge in [-0.3, -0.25) is 14.6 Å². The van der Waals surface area contributed by atoms with Crippen LogP contribution in [0.15, 0.2) is 54.6 Å². The van der Waals surface area contributed by atoms with Crippen LogP contribution in [0.4, 0.5) is 11.4 Å². The minimum atomic E-state index is -3.24. The second kappa shape index (κ2) is 8.58. The Hall–Kier alpha value is -2.64. The molecule has 1 aromatic heterocycles. The lowest BCUT2D eigenvalue weighted by Gasteiger charge is -2.20. The van der Waals surface area contributed by atoms with Gasteiger partial charge in [0.25, 0.3) is 0 Å². The van der Waals surface area contributed by atoms with Gasteiger partial charge in [0.15, 0.2) is 0 Å². The second-order valence-corrected chi connectivity index (χ2v) is 8.69. The molecule has 0 aliphatic heterocycles. The Bertz CT molecular complexity index is 1050. The van der Waals surface area contributed by atoms with Gasteiger partial charge in [0.05, 0.1) is 17.5 Å². The number of nitrogen functional groups attached to an aromatic ring is 1. The third-order valence-electron chi connectivity index (χ3n) is 4.58. The van der Waals surface area contributed by atoms with Crippen LogP contribution in [0.1, 0.15) is 18.2 Å². The molecule has 148 valence electrons. The Morgan fingerprint density at radius 1 is 1.07 bits per heavy atom. The zero-order valence-corrected chi connectivity index (χ0v) is 17.0. The maximum absolute atomic E-state index is 11.3. The number of sulfonamides is 1. The summed E-state index contributed by atoms with van der Waals surface area (Å²) < 4.78 is 25.0. The summed E-state index contributed by atoms with van der Waals surface area (Å²) >= 11 is 0. The first-order chi connectivity index (χ1) is 13.3. The highest BCUT2D eigenvalue weighted by Gasteiger charge is 2.07. The molecule has 0 amide bonds. The third kappa shape index (κ3) is 5.68. The fraction of sp³-hybridized carbons (Fsp3) is 0.286. The van der Waals surface area contributed by atoms with Crippen molar-refractivity contribution in [1.82, 2.24) is 9.88 Å². The number of fused-ring (bicyclic) bond motifs is 1. The molecule has 0 unspecified atom stereocenters. The topological polar surface area (TPSA) is 88.3 Å². The van der Waals surface area contributed by atoms with E-state index in [1.807, 2.05) is 30.3 Å². The highest BCUT2D eigenvalue weighted by atomic mass is 32.2. The van der Waals surface area contributed by atoms with E-state index in [1.54, 1.807) is 12.1 Å². The normalized spacial score (nSPS) is 11.8. The number of benzene rings is 2. The van der Waals surface area contributed by atoms with E-state index in [0.29, 0.717) is 5.69 Å². The SMILES string of the molecule is CCN(CCc1ccc(NS(C)(=O)=O)cc1)Cc1ccc2cc(N)ccc2n1. The van der Waals surface area contributed by atoms with Gasteiger partial charge in [0, 0.05) is 29.9 Å². The molecule has 7 heteroatoms. The molecule has 0 fully saturated rings. The van der Waals surface area contributed by atoms with Gasteiger partial charge in [-0.15, -0.1) is 0 Å². The molecule has 3 N–H and O–H groups in total. The van der Waals surface area contributed by atoms with Crippen LogP contribution in [0.3, 0.4) is 0 Å². The maximum atomic E-state index is 11.3. The average molecular weight is 399 g/mol. The van der Waals surface area contributed by atoms with Gasteiger partial charge >= 0.3 is 0 Å². The van der Waals surface area contributed by atoms with Gasteiger partial charge < -0.3 is 5.73 Å². The van der Waals surface area contributed by atoms with Crippen LogP contribution in [0, 0.1) is 0 Å². The third-order valence-corrected chi connectivity index (χ3v) is 5.18. The van der Waals surface area contributed by atoms with Crippen LogP contribution >= 0.6 is 0 Å². The van der Waals surface area contributed by atoms with E-state index in [4.69, 9.17) is 10.7 Å². The van der Waals surface area contributed by atoms with E-state index in [2.05, 4.69) is 28.7 Å². The molecule has 28 heavy (non-hydrogen) atoms. The molecule has 0 atom stereocenters. The summed E-state index contributed by atoms with van der Waals surface area (Å²) in [6, 6.07) is 17.4. The predicted molar refractivity (Wildman–Crippen MR) is 116 cm³/mol. The van der Waals surface area contributed by atoms with Crippen LogP contribution < -0.4 is 10.5 Å². The van der Waals surface area contributed by atoms with Crippen molar-refractivity contribution in [2.75, 3.05) is 29.8 Å². The number of likely N-dealkylation sites (N-methyl/N-ethyl adjacent to an activating group) is 1. The maximum Gasteiger partial charge on any atom is 0.229 e. The fourth-order valence-corrected chi connectivity index (χ4v) is 3.66. The Kier molecular flexibility index (Phi) is 6.16. The molecule has 0 saturated heterocycles. The van der Waals surface area contributed by atoms with Crippen molar-refractivity contribution in [3.8, 4) is 0 Å². The zero-order chi connectivity index (χ0) is 20.1. The van der Waals surface area contributed by atoms with Crippen molar-refractivity contribution < 1.29 is 8.42 Å². The molecule has 1 heterocycles. The molecule has 2 aromatic carbocycles. The molecule has 0 bridgehead atoms. The van der Waals surface area contributed by atoms with Crippen LogP contribution in [0.2, 0.25) is 0 Å². The van der Waals surface area contributed by atoms with Crippen molar-refractivity contribution in [1.29, 1.82) is 0 Å². The van der Waals surface area contributed by atoms with E-state index < -0.39 is 10.0 Å². The van der Waals surface area contributed by atoms with Crippen LogP contribution in [-0.4, -0.2) is 37.6 Å². The molecule has 3 aromatic rings. The highest BCUT2D eigenvalue weighted by molar-refractivity contribution is 7.92. The van der Waals surface area contributed by atoms with E-state index in [9.17, 15) is 8.42 Å². The fourth-order valence-electron chi connectivity index (χ4n) is 3.09. The molecular weight excluding hydrogens is 372 g/mol. The smallest absolute Gasteiger partial charge is 0.229 e. The number of nitrogens with one attached hydrogen (secondary N) is 1. The number of nitrogens with two attached hydrogens (primary N) is 1. The van der Waals surface area contributed by atoms with E-state index in [-0.39, 0.29) is 0 Å². The number of anilines is 2. The monoisotopic (exact) mass is 398 g/mol. The molecule has 6 nitrogen and oxygen atoms in total. The van der Waals surface area contributed by atoms with Gasteiger partial charge in [-0.2, -0.15) is 0 Å². The van der Waals surface area contributed by atoms with Crippen molar-refractivity contribution >= 4 is 32.3 Å². The highest BCUT2D eigenvalue weighted by Crippen LogP contribution is 2.17. The average Bonchev–Trinajstić information content (AvgIpc) is 2.65. The zero-order valence-electron chi connectivity index (χ0n) is 16.2. The number of nitrogens with zero attached hydrogens (tertiary/aromatic N) is 2. The number of rotatable bonds is 8. The summed E-state index contributed by atoms with van der Waals surface area (Å²) in [4.78, 5) is 7.08. The van der Waals surface area contributed by atoms with Gasteiger partial charge in [-0.1, -0.05) is 25.1 Å². The van der Waals surface area contributed by atoms with Gasteiger partial charge in [0.2, 0.25) is 10.0 Å². The minimum absolute atomic E-state index is 0.583. The number of hydrogen-bond donors (Lipinski definition) is 2. The lowest BCUT2D eigenvalue weighted by atomic mass is 10.1. The molecule has 0 aliphatic rings. The van der Waals surface area contributed by atoms with E-state index >= 15 is 0 Å². The molecule has 0 radical (unpaired) electrons. The second-order valence-electron chi connectivity index (χ2n) is 6.94. The lowest BCUT2D eigenvalue weighted by Crippen LogP contribution is -2.25. The molecular formula is C21H26N4O2S. The Morgan fingerprint density at radius 2 is 1.82 bits per heavy atom. The van der Waals surface area contributed by atoms with Crippen molar-refractivity contribution in [3.63, 3.8) is 0 Å². The van der Waals surface area contributed by atoms with Crippen molar-refractivity contribution in [3.05, 3.63) is 65.9 Å². The van der Waals surface area contributed by atoms with Crippen LogP contribution in [0.25, 0.3) is 10.9 Å². The van der Waals surface area contributed by atoms with E-state index in [1.165, 1.54) is 5.56 Å². The Labute approximate surface area is 166 Å². The predicted octanol–water partition coefficient (Wildman–Crippen LogP) is 3.25. The molecule has 0 aliphatic carbocycles.